The van der Waals surface area contributed by atoms with Gasteiger partial charge < -0.3 is 34.9 Å². The summed E-state index contributed by atoms with van der Waals surface area (Å²) in [6, 6.07) is 3.80. The highest BCUT2D eigenvalue weighted by molar-refractivity contribution is 7.90. The lowest BCUT2D eigenvalue weighted by Crippen LogP contribution is -2.47. The summed E-state index contributed by atoms with van der Waals surface area (Å²) in [5, 5.41) is 6.87. The minimum absolute atomic E-state index is 0.0465. The lowest BCUT2D eigenvalue weighted by atomic mass is 10.0. The van der Waals surface area contributed by atoms with Crippen molar-refractivity contribution >= 4 is 63.1 Å². The highest BCUT2D eigenvalue weighted by atomic mass is 35.5. The van der Waals surface area contributed by atoms with Crippen LogP contribution in [0.1, 0.15) is 53.2 Å². The molecule has 14 nitrogen and oxygen atoms in total. The number of carbonyl (C=O) groups is 5. The molecular formula is C26H37Cl2N3O11S. The second kappa shape index (κ2) is 16.0. The topological polar surface area (TPSA) is 192 Å². The summed E-state index contributed by atoms with van der Waals surface area (Å²) in [6.45, 7) is 7.90. The average Bonchev–Trinajstić information content (AvgIpc) is 2.84. The number of alkyl halides is 2. The van der Waals surface area contributed by atoms with E-state index in [2.05, 4.69) is 16.0 Å². The molecule has 0 fully saturated rings. The minimum Gasteiger partial charge on any atom is -0.462 e. The highest BCUT2D eigenvalue weighted by Crippen LogP contribution is 2.25. The Morgan fingerprint density at radius 3 is 1.70 bits per heavy atom. The van der Waals surface area contributed by atoms with Crippen molar-refractivity contribution in [3.63, 3.8) is 0 Å². The number of hydrogen-bond donors (Lipinski definition) is 3. The number of amides is 3. The second-order valence-electron chi connectivity index (χ2n) is 11.1. The van der Waals surface area contributed by atoms with E-state index < -0.39 is 87.8 Å². The van der Waals surface area contributed by atoms with Crippen LogP contribution in [0.2, 0.25) is 0 Å². The van der Waals surface area contributed by atoms with Crippen molar-refractivity contribution in [3.8, 4) is 0 Å². The third-order valence-electron chi connectivity index (χ3n) is 4.76. The Balaban J connectivity index is 3.23. The van der Waals surface area contributed by atoms with Gasteiger partial charge in [-0.05, 0) is 59.2 Å². The summed E-state index contributed by atoms with van der Waals surface area (Å²) in [6.07, 6.45) is -2.20. The number of alkyl carbamates (subject to hydrolysis) is 2. The molecule has 242 valence electrons. The molecule has 0 aliphatic rings. The van der Waals surface area contributed by atoms with Crippen LogP contribution in [0.5, 0.6) is 0 Å². The van der Waals surface area contributed by atoms with Crippen molar-refractivity contribution in [1.82, 2.24) is 16.0 Å². The number of ether oxygens (including phenoxy) is 4. The minimum atomic E-state index is -3.59. The van der Waals surface area contributed by atoms with E-state index in [0.717, 1.165) is 6.26 Å². The first kappa shape index (κ1) is 37.7. The standard InChI is InChI=1S/C26H37Cl2N3O11S/c1-25(2,3)41-23(35)29-12-18(32)39-14-17(31-22(34)21(27)28)20(15-8-10-16(11-9-15)43(7,37)38)40-19(33)13-30-24(36)42-26(4,5)6/h8-11,17,20-21H,12-14H2,1-7H3,(H,29,35)(H,30,36)(H,31,34)/t17-,20-/m1/s1. The summed E-state index contributed by atoms with van der Waals surface area (Å²) in [5.74, 6) is -2.87. The molecule has 1 aromatic carbocycles. The highest BCUT2D eigenvalue weighted by Gasteiger charge is 2.32. The fourth-order valence-electron chi connectivity index (χ4n) is 3.07. The zero-order chi connectivity index (χ0) is 33.2. The van der Waals surface area contributed by atoms with Gasteiger partial charge >= 0.3 is 24.1 Å². The molecule has 0 saturated carbocycles. The molecule has 43 heavy (non-hydrogen) atoms. The van der Waals surface area contributed by atoms with Crippen molar-refractivity contribution in [2.24, 2.45) is 0 Å². The van der Waals surface area contributed by atoms with E-state index in [1.807, 2.05) is 0 Å². The van der Waals surface area contributed by atoms with Crippen LogP contribution < -0.4 is 16.0 Å². The second-order valence-corrected chi connectivity index (χ2v) is 14.2. The molecule has 1 rings (SSSR count). The number of carbonyl (C=O) groups excluding carboxylic acids is 5. The SMILES string of the molecule is CC(C)(C)OC(=O)NCC(=O)OC[C@@H](NC(=O)C(Cl)Cl)[C@H](OC(=O)CNC(=O)OC(C)(C)C)c1ccc(S(C)(=O)=O)cc1. The van der Waals surface area contributed by atoms with Crippen LogP contribution in [0.15, 0.2) is 29.2 Å². The molecule has 0 heterocycles. The van der Waals surface area contributed by atoms with Gasteiger partial charge in [-0.2, -0.15) is 0 Å². The number of benzene rings is 1. The van der Waals surface area contributed by atoms with E-state index in [1.54, 1.807) is 41.5 Å². The number of sulfone groups is 1. The molecule has 0 aliphatic carbocycles. The van der Waals surface area contributed by atoms with Crippen LogP contribution >= 0.6 is 23.2 Å². The average molecular weight is 671 g/mol. The van der Waals surface area contributed by atoms with Gasteiger partial charge in [0, 0.05) is 6.26 Å². The Kier molecular flexibility index (Phi) is 14.0. The predicted octanol–water partition coefficient (Wildman–Crippen LogP) is 2.56. The van der Waals surface area contributed by atoms with Gasteiger partial charge in [0.15, 0.2) is 20.8 Å². The quantitative estimate of drug-likeness (QED) is 0.168. The van der Waals surface area contributed by atoms with Crippen molar-refractivity contribution in [1.29, 1.82) is 0 Å². The zero-order valence-corrected chi connectivity index (χ0v) is 27.1. The number of halogens is 2. The predicted molar refractivity (Wildman–Crippen MR) is 155 cm³/mol. The van der Waals surface area contributed by atoms with Crippen LogP contribution in [0.25, 0.3) is 0 Å². The van der Waals surface area contributed by atoms with Crippen LogP contribution in [0.3, 0.4) is 0 Å². The van der Waals surface area contributed by atoms with Crippen LogP contribution in [-0.2, 0) is 43.2 Å². The fourth-order valence-corrected chi connectivity index (χ4v) is 3.83. The Morgan fingerprint density at radius 1 is 0.814 bits per heavy atom. The van der Waals surface area contributed by atoms with Gasteiger partial charge in [-0.1, -0.05) is 35.3 Å². The zero-order valence-electron chi connectivity index (χ0n) is 24.8. The molecule has 0 radical (unpaired) electrons. The van der Waals surface area contributed by atoms with E-state index in [1.165, 1.54) is 24.3 Å². The molecule has 0 spiro atoms. The Morgan fingerprint density at radius 2 is 1.28 bits per heavy atom. The molecule has 0 bridgehead atoms. The summed E-state index contributed by atoms with van der Waals surface area (Å²) >= 11 is 11.4. The van der Waals surface area contributed by atoms with Gasteiger partial charge in [0.2, 0.25) is 0 Å². The van der Waals surface area contributed by atoms with Gasteiger partial charge in [-0.25, -0.2) is 18.0 Å². The molecular weight excluding hydrogens is 633 g/mol. The molecule has 0 unspecified atom stereocenters. The number of nitrogens with one attached hydrogen (secondary N) is 3. The van der Waals surface area contributed by atoms with Gasteiger partial charge in [0.1, 0.15) is 36.9 Å². The number of esters is 2. The van der Waals surface area contributed by atoms with Crippen LogP contribution in [0, 0.1) is 0 Å². The first-order chi connectivity index (χ1) is 19.6. The van der Waals surface area contributed by atoms with Gasteiger partial charge in [0.05, 0.1) is 4.90 Å². The van der Waals surface area contributed by atoms with E-state index in [4.69, 9.17) is 42.1 Å². The molecule has 0 saturated heterocycles. The van der Waals surface area contributed by atoms with Crippen LogP contribution in [-0.4, -0.2) is 86.5 Å². The first-order valence-corrected chi connectivity index (χ1v) is 15.5. The molecule has 2 atom stereocenters. The lowest BCUT2D eigenvalue weighted by Gasteiger charge is -2.28. The molecule has 1 aromatic rings. The third-order valence-corrected chi connectivity index (χ3v) is 6.29. The Hall–Kier alpha value is -3.30. The van der Waals surface area contributed by atoms with Gasteiger partial charge in [0.25, 0.3) is 5.91 Å². The monoisotopic (exact) mass is 669 g/mol. The fraction of sp³-hybridized carbons (Fsp3) is 0.577. The molecule has 3 N–H and O–H groups in total. The maximum atomic E-state index is 12.8. The summed E-state index contributed by atoms with van der Waals surface area (Å²) in [4.78, 5) is 59.8. The molecule has 3 amide bonds. The number of rotatable bonds is 12. The molecule has 0 aliphatic heterocycles. The normalized spacial score (nSPS) is 13.3. The largest absolute Gasteiger partial charge is 0.462 e. The van der Waals surface area contributed by atoms with E-state index in [0.29, 0.717) is 0 Å². The van der Waals surface area contributed by atoms with E-state index in [-0.39, 0.29) is 10.5 Å². The summed E-state index contributed by atoms with van der Waals surface area (Å²) < 4.78 is 44.7. The van der Waals surface area contributed by atoms with Gasteiger partial charge in [-0.3, -0.25) is 14.4 Å². The summed E-state index contributed by atoms with van der Waals surface area (Å²) in [7, 11) is -3.59. The molecule has 0 aromatic heterocycles. The van der Waals surface area contributed by atoms with Crippen molar-refractivity contribution in [2.45, 2.75) is 74.6 Å². The lowest BCUT2D eigenvalue weighted by molar-refractivity contribution is -0.154. The third kappa shape index (κ3) is 15.7. The Bertz CT molecular complexity index is 1260. The Labute approximate surface area is 260 Å². The van der Waals surface area contributed by atoms with E-state index >= 15 is 0 Å². The van der Waals surface area contributed by atoms with Crippen molar-refractivity contribution < 1.29 is 51.3 Å². The van der Waals surface area contributed by atoms with Crippen molar-refractivity contribution in [2.75, 3.05) is 26.0 Å². The first-order valence-electron chi connectivity index (χ1n) is 12.7. The number of hydrogen-bond acceptors (Lipinski definition) is 11. The van der Waals surface area contributed by atoms with Crippen molar-refractivity contribution in [3.05, 3.63) is 29.8 Å². The maximum absolute atomic E-state index is 12.8. The smallest absolute Gasteiger partial charge is 0.408 e. The maximum Gasteiger partial charge on any atom is 0.408 e. The summed E-state index contributed by atoms with van der Waals surface area (Å²) in [5.41, 5.74) is -1.48. The van der Waals surface area contributed by atoms with E-state index in [9.17, 15) is 32.4 Å². The van der Waals surface area contributed by atoms with Gasteiger partial charge in [-0.15, -0.1) is 0 Å². The van der Waals surface area contributed by atoms with Crippen LogP contribution in [0.4, 0.5) is 9.59 Å². The molecule has 17 heteroatoms.